The first kappa shape index (κ1) is 55.2. The lowest BCUT2D eigenvalue weighted by atomic mass is 9.92. The van der Waals surface area contributed by atoms with Crippen LogP contribution in [0.15, 0.2) is 29.6 Å². The predicted octanol–water partition coefficient (Wildman–Crippen LogP) is 8.24. The van der Waals surface area contributed by atoms with E-state index in [0.717, 1.165) is 50.6 Å². The van der Waals surface area contributed by atoms with E-state index in [2.05, 4.69) is 34.7 Å². The largest absolute Gasteiger partial charge is 0.461 e. The molecule has 1 aromatic heterocycles. The van der Waals surface area contributed by atoms with Gasteiger partial charge >= 0.3 is 12.1 Å². The summed E-state index contributed by atoms with van der Waals surface area (Å²) in [6.07, 6.45) is 4.16. The average Bonchev–Trinajstić information content (AvgIpc) is 3.74. The molecule has 16 heteroatoms. The number of hydrogen-bond acceptors (Lipinski definition) is 11. The van der Waals surface area contributed by atoms with Crippen LogP contribution in [0, 0.1) is 23.6 Å². The van der Waals surface area contributed by atoms with Gasteiger partial charge in [-0.25, -0.2) is 14.2 Å². The van der Waals surface area contributed by atoms with Gasteiger partial charge in [-0.3, -0.25) is 24.1 Å². The molecular weight excluding hydrogens is 852 g/mol. The Hall–Kier alpha value is -4.15. The first-order valence-electron chi connectivity index (χ1n) is 23.8. The number of nitrogens with zero attached hydrogens (tertiary/aromatic N) is 3. The molecule has 1 aliphatic rings. The fraction of sp³-hybridized carbons (Fsp3) is 0.714. The standard InChI is InChI=1S/C49H79FN6O8S/c1-13-23-56(46(59)42(32(6)15-3)54-44(58)39-18-16-17-24-55(39)12)40(31(4)5)28-41(62-25-14-2)45-53-38(30-65-45)43(57)52-37(27-35-19-21-36(50)22-20-35)26-33(7)47(60)63-34(8)29-51-48(61)64-49(9,10)11/h19-22,30-34,37,39-42H,13-18,23-29H2,1-12H3,(H,51,61)(H,52,57)(H,54,58)/t32-,33-,34?,37?,39+,40+,41+,42-/m0/s1. The van der Waals surface area contributed by atoms with Crippen LogP contribution in [-0.4, -0.2) is 114 Å². The maximum absolute atomic E-state index is 14.7. The number of carbonyl (C=O) groups is 5. The Labute approximate surface area is 391 Å². The van der Waals surface area contributed by atoms with Crippen molar-refractivity contribution < 1.29 is 42.6 Å². The summed E-state index contributed by atoms with van der Waals surface area (Å²) in [5.74, 6) is -2.23. The number of alkyl carbamates (subject to hydrolysis) is 1. The number of amides is 4. The Balaban J connectivity index is 1.83. The van der Waals surface area contributed by atoms with Crippen LogP contribution in [0.25, 0.3) is 0 Å². The monoisotopic (exact) mass is 931 g/mol. The van der Waals surface area contributed by atoms with Crippen molar-refractivity contribution in [2.24, 2.45) is 17.8 Å². The number of rotatable bonds is 25. The second kappa shape index (κ2) is 26.9. The van der Waals surface area contributed by atoms with E-state index in [1.165, 1.54) is 23.5 Å². The third-order valence-electron chi connectivity index (χ3n) is 11.8. The zero-order valence-electron chi connectivity index (χ0n) is 41.2. The van der Waals surface area contributed by atoms with Gasteiger partial charge in [-0.1, -0.05) is 73.4 Å². The van der Waals surface area contributed by atoms with Crippen molar-refractivity contribution in [3.63, 3.8) is 0 Å². The van der Waals surface area contributed by atoms with Crippen LogP contribution >= 0.6 is 11.3 Å². The maximum Gasteiger partial charge on any atom is 0.407 e. The highest BCUT2D eigenvalue weighted by Gasteiger charge is 2.38. The Bertz CT molecular complexity index is 1800. The van der Waals surface area contributed by atoms with Crippen LogP contribution in [0.2, 0.25) is 0 Å². The molecule has 0 bridgehead atoms. The number of piperidine rings is 1. The van der Waals surface area contributed by atoms with Crippen LogP contribution in [0.1, 0.15) is 155 Å². The van der Waals surface area contributed by atoms with Crippen molar-refractivity contribution >= 4 is 41.1 Å². The number of likely N-dealkylation sites (tertiary alicyclic amines) is 1. The minimum absolute atomic E-state index is 0.0313. The van der Waals surface area contributed by atoms with E-state index in [0.29, 0.717) is 31.0 Å². The van der Waals surface area contributed by atoms with E-state index in [-0.39, 0.29) is 60.2 Å². The number of esters is 1. The van der Waals surface area contributed by atoms with Gasteiger partial charge in [0.25, 0.3) is 5.91 Å². The Morgan fingerprint density at radius 1 is 0.969 bits per heavy atom. The molecule has 14 nitrogen and oxygen atoms in total. The number of halogens is 1. The number of carbonyl (C=O) groups excluding carboxylic acids is 5. The average molecular weight is 931 g/mol. The zero-order valence-corrected chi connectivity index (χ0v) is 42.0. The molecule has 0 aliphatic carbocycles. The smallest absolute Gasteiger partial charge is 0.407 e. The van der Waals surface area contributed by atoms with Crippen molar-refractivity contribution in [1.82, 2.24) is 30.7 Å². The number of nitrogens with one attached hydrogen (secondary N) is 3. The second-order valence-corrected chi connectivity index (χ2v) is 20.0. The van der Waals surface area contributed by atoms with E-state index in [1.54, 1.807) is 52.1 Å². The molecule has 0 spiro atoms. The lowest BCUT2D eigenvalue weighted by Gasteiger charge is -2.40. The summed E-state index contributed by atoms with van der Waals surface area (Å²) in [5, 5.41) is 11.2. The van der Waals surface area contributed by atoms with Gasteiger partial charge in [-0.2, -0.15) is 0 Å². The molecule has 366 valence electrons. The molecule has 1 aliphatic heterocycles. The number of likely N-dealkylation sites (N-methyl/N-ethyl adjacent to an activating group) is 1. The van der Waals surface area contributed by atoms with Crippen molar-refractivity contribution in [3.8, 4) is 0 Å². The zero-order chi connectivity index (χ0) is 48.4. The Kier molecular flexibility index (Phi) is 22.8. The lowest BCUT2D eigenvalue weighted by molar-refractivity contribution is -0.152. The van der Waals surface area contributed by atoms with Gasteiger partial charge in [0.2, 0.25) is 11.8 Å². The highest BCUT2D eigenvalue weighted by Crippen LogP contribution is 2.32. The highest BCUT2D eigenvalue weighted by atomic mass is 32.1. The molecule has 1 fully saturated rings. The lowest BCUT2D eigenvalue weighted by Crippen LogP contribution is -2.58. The van der Waals surface area contributed by atoms with Gasteiger partial charge < -0.3 is 35.1 Å². The third-order valence-corrected chi connectivity index (χ3v) is 12.7. The van der Waals surface area contributed by atoms with Crippen molar-refractivity contribution in [3.05, 3.63) is 51.7 Å². The molecule has 1 aromatic carbocycles. The summed E-state index contributed by atoms with van der Waals surface area (Å²) in [4.78, 5) is 76.7. The van der Waals surface area contributed by atoms with Gasteiger partial charge in [-0.05, 0) is 109 Å². The molecule has 2 heterocycles. The fourth-order valence-electron chi connectivity index (χ4n) is 7.99. The topological polar surface area (TPSA) is 168 Å². The van der Waals surface area contributed by atoms with E-state index >= 15 is 0 Å². The number of thiazole rings is 1. The van der Waals surface area contributed by atoms with Crippen LogP contribution in [0.3, 0.4) is 0 Å². The fourth-order valence-corrected chi connectivity index (χ4v) is 8.85. The molecule has 0 saturated carbocycles. The number of ether oxygens (including phenoxy) is 3. The van der Waals surface area contributed by atoms with Gasteiger partial charge in [0, 0.05) is 37.0 Å². The van der Waals surface area contributed by atoms with Crippen LogP contribution in [-0.2, 0) is 35.0 Å². The molecule has 1 saturated heterocycles. The minimum atomic E-state index is -0.683. The number of aromatic nitrogens is 1. The van der Waals surface area contributed by atoms with Crippen LogP contribution in [0.5, 0.6) is 0 Å². The maximum atomic E-state index is 14.7. The summed E-state index contributed by atoms with van der Waals surface area (Å²) in [5.41, 5.74) is 0.278. The van der Waals surface area contributed by atoms with E-state index in [1.807, 2.05) is 39.6 Å². The van der Waals surface area contributed by atoms with Gasteiger partial charge in [0.05, 0.1) is 18.5 Å². The Morgan fingerprint density at radius 2 is 1.66 bits per heavy atom. The number of benzene rings is 1. The third kappa shape index (κ3) is 18.2. The van der Waals surface area contributed by atoms with E-state index in [4.69, 9.17) is 19.2 Å². The van der Waals surface area contributed by atoms with Gasteiger partial charge in [-0.15, -0.1) is 11.3 Å². The minimum Gasteiger partial charge on any atom is -0.461 e. The Morgan fingerprint density at radius 3 is 2.26 bits per heavy atom. The molecular formula is C49H79FN6O8S. The van der Waals surface area contributed by atoms with Crippen LogP contribution in [0.4, 0.5) is 9.18 Å². The van der Waals surface area contributed by atoms with E-state index in [9.17, 15) is 28.4 Å². The number of hydrogen-bond donors (Lipinski definition) is 3. The van der Waals surface area contributed by atoms with Crippen molar-refractivity contribution in [2.75, 3.05) is 33.3 Å². The second-order valence-electron chi connectivity index (χ2n) is 19.1. The van der Waals surface area contributed by atoms with Crippen LogP contribution < -0.4 is 16.0 Å². The first-order chi connectivity index (χ1) is 30.7. The SMILES string of the molecule is CCCO[C@H](C[C@H](C(C)C)N(CCC)C(=O)[C@@H](NC(=O)[C@H]1CCCCN1C)[C@@H](C)CC)c1nc(C(=O)NC(Cc2ccc(F)cc2)C[C@H](C)C(=O)OC(C)CNC(=O)OC(C)(C)C)cs1. The van der Waals surface area contributed by atoms with Crippen molar-refractivity contribution in [2.45, 2.75) is 176 Å². The molecule has 8 atom stereocenters. The van der Waals surface area contributed by atoms with Gasteiger partial charge in [0.15, 0.2) is 0 Å². The summed E-state index contributed by atoms with van der Waals surface area (Å²) in [7, 11) is 1.97. The summed E-state index contributed by atoms with van der Waals surface area (Å²) >= 11 is 1.31. The molecule has 4 amide bonds. The normalized spacial score (nSPS) is 17.8. The van der Waals surface area contributed by atoms with E-state index < -0.39 is 53.8 Å². The molecule has 65 heavy (non-hydrogen) atoms. The molecule has 3 rings (SSSR count). The summed E-state index contributed by atoms with van der Waals surface area (Å²) in [6, 6.07) is 4.23. The van der Waals surface area contributed by atoms with Crippen molar-refractivity contribution in [1.29, 1.82) is 0 Å². The summed E-state index contributed by atoms with van der Waals surface area (Å²) in [6.45, 7) is 22.8. The van der Waals surface area contributed by atoms with Gasteiger partial charge in [0.1, 0.15) is 40.4 Å². The first-order valence-corrected chi connectivity index (χ1v) is 24.7. The quantitative estimate of drug-likeness (QED) is 0.0825. The molecule has 0 radical (unpaired) electrons. The molecule has 2 aromatic rings. The predicted molar refractivity (Wildman–Crippen MR) is 253 cm³/mol. The molecule has 3 N–H and O–H groups in total. The highest BCUT2D eigenvalue weighted by molar-refractivity contribution is 7.09. The summed E-state index contributed by atoms with van der Waals surface area (Å²) < 4.78 is 31.2. The molecule has 2 unspecified atom stereocenters.